The molecule has 1 heterocycles. The Balaban J connectivity index is 1.40. The Kier molecular flexibility index (Phi) is 8.07. The number of hydrogen-bond acceptors (Lipinski definition) is 6. The lowest BCUT2D eigenvalue weighted by atomic mass is 10.1. The molecule has 2 N–H and O–H groups in total. The Morgan fingerprint density at radius 2 is 1.68 bits per heavy atom. The third kappa shape index (κ3) is 7.52. The number of rotatable bonds is 9. The zero-order chi connectivity index (χ0) is 22.5. The van der Waals surface area contributed by atoms with Crippen LogP contribution in [0.1, 0.15) is 20.8 Å². The molecule has 0 radical (unpaired) electrons. The number of aliphatic hydroxyl groups excluding tert-OH is 1. The van der Waals surface area contributed by atoms with Crippen molar-refractivity contribution >= 4 is 20.8 Å². The summed E-state index contributed by atoms with van der Waals surface area (Å²) in [6, 6.07) is 12.9. The molecule has 0 aliphatic carbocycles. The summed E-state index contributed by atoms with van der Waals surface area (Å²) < 4.78 is 33.7. The van der Waals surface area contributed by atoms with Crippen molar-refractivity contribution in [1.82, 2.24) is 14.5 Å². The molecule has 31 heavy (non-hydrogen) atoms. The zero-order valence-corrected chi connectivity index (χ0v) is 19.6. The lowest BCUT2D eigenvalue weighted by molar-refractivity contribution is -0.0585. The molecule has 172 valence electrons. The molecule has 2 aromatic carbocycles. The van der Waals surface area contributed by atoms with Gasteiger partial charge in [0.25, 0.3) is 0 Å². The maximum Gasteiger partial charge on any atom is 0.240 e. The molecule has 1 fully saturated rings. The van der Waals surface area contributed by atoms with Gasteiger partial charge in [0, 0.05) is 45.8 Å². The van der Waals surface area contributed by atoms with E-state index in [2.05, 4.69) is 14.5 Å². The van der Waals surface area contributed by atoms with Gasteiger partial charge in [-0.1, -0.05) is 30.3 Å². The molecular formula is C23H35N3O4S. The van der Waals surface area contributed by atoms with Crippen LogP contribution in [-0.2, 0) is 14.8 Å². The van der Waals surface area contributed by atoms with Gasteiger partial charge in [-0.15, -0.1) is 0 Å². The third-order valence-electron chi connectivity index (χ3n) is 5.39. The summed E-state index contributed by atoms with van der Waals surface area (Å²) in [6.45, 7) is 11.3. The van der Waals surface area contributed by atoms with Crippen molar-refractivity contribution in [3.05, 3.63) is 42.5 Å². The number of sulfonamides is 1. The van der Waals surface area contributed by atoms with Crippen LogP contribution in [0, 0.1) is 0 Å². The van der Waals surface area contributed by atoms with Gasteiger partial charge >= 0.3 is 0 Å². The van der Waals surface area contributed by atoms with E-state index in [1.807, 2.05) is 51.1 Å². The molecule has 0 bridgehead atoms. The van der Waals surface area contributed by atoms with E-state index in [4.69, 9.17) is 4.74 Å². The van der Waals surface area contributed by atoms with Crippen LogP contribution in [0.4, 0.5) is 0 Å². The van der Waals surface area contributed by atoms with Gasteiger partial charge in [0.2, 0.25) is 10.0 Å². The fourth-order valence-corrected chi connectivity index (χ4v) is 4.70. The van der Waals surface area contributed by atoms with E-state index in [9.17, 15) is 13.5 Å². The lowest BCUT2D eigenvalue weighted by Crippen LogP contribution is -2.50. The summed E-state index contributed by atoms with van der Waals surface area (Å²) in [5, 5.41) is 12.1. The molecule has 2 aromatic rings. The molecule has 0 unspecified atom stereocenters. The molecule has 1 aliphatic heterocycles. The quantitative estimate of drug-likeness (QED) is 0.609. The van der Waals surface area contributed by atoms with Crippen molar-refractivity contribution in [2.75, 3.05) is 52.4 Å². The van der Waals surface area contributed by atoms with Crippen LogP contribution < -0.4 is 4.72 Å². The molecule has 0 aromatic heterocycles. The van der Waals surface area contributed by atoms with E-state index in [0.29, 0.717) is 31.1 Å². The summed E-state index contributed by atoms with van der Waals surface area (Å²) >= 11 is 0. The van der Waals surface area contributed by atoms with Gasteiger partial charge in [-0.2, -0.15) is 0 Å². The Bertz CT molecular complexity index is 951. The van der Waals surface area contributed by atoms with Gasteiger partial charge in [0.15, 0.2) is 0 Å². The zero-order valence-electron chi connectivity index (χ0n) is 18.8. The number of nitrogens with one attached hydrogen (secondary N) is 1. The summed E-state index contributed by atoms with van der Waals surface area (Å²) in [4.78, 5) is 4.77. The monoisotopic (exact) mass is 449 g/mol. The number of β-amino-alcohol motifs (C(OH)–C–C–N with tert-alkyl or cyclic N) is 1. The van der Waals surface area contributed by atoms with Crippen molar-refractivity contribution in [3.63, 3.8) is 0 Å². The number of hydrogen-bond donors (Lipinski definition) is 2. The second-order valence-electron chi connectivity index (χ2n) is 9.13. The first-order valence-electron chi connectivity index (χ1n) is 10.9. The van der Waals surface area contributed by atoms with Crippen molar-refractivity contribution in [3.8, 4) is 0 Å². The van der Waals surface area contributed by atoms with E-state index in [1.54, 1.807) is 12.1 Å². The summed E-state index contributed by atoms with van der Waals surface area (Å²) in [7, 11) is -3.53. The highest BCUT2D eigenvalue weighted by atomic mass is 32.2. The second kappa shape index (κ2) is 10.4. The normalized spacial score (nSPS) is 17.8. The Morgan fingerprint density at radius 1 is 1.03 bits per heavy atom. The number of piperazine rings is 1. The van der Waals surface area contributed by atoms with Crippen LogP contribution >= 0.6 is 0 Å². The largest absolute Gasteiger partial charge is 0.389 e. The van der Waals surface area contributed by atoms with E-state index in [0.717, 1.165) is 37.0 Å². The topological polar surface area (TPSA) is 82.1 Å². The van der Waals surface area contributed by atoms with Gasteiger partial charge < -0.3 is 9.84 Å². The minimum absolute atomic E-state index is 0.250. The SMILES string of the molecule is CC(C)(C)OC[C@@H](O)CN1CCN(CCNS(=O)(=O)c2ccc3ccccc3c2)CC1. The van der Waals surface area contributed by atoms with Crippen molar-refractivity contribution in [2.24, 2.45) is 0 Å². The van der Waals surface area contributed by atoms with Crippen molar-refractivity contribution < 1.29 is 18.3 Å². The molecule has 0 amide bonds. The van der Waals surface area contributed by atoms with E-state index >= 15 is 0 Å². The van der Waals surface area contributed by atoms with Crippen LogP contribution in [0.15, 0.2) is 47.4 Å². The molecule has 7 nitrogen and oxygen atoms in total. The van der Waals surface area contributed by atoms with Gasteiger partial charge in [0.1, 0.15) is 0 Å². The third-order valence-corrected chi connectivity index (χ3v) is 6.85. The fourth-order valence-electron chi connectivity index (χ4n) is 3.65. The average Bonchev–Trinajstić information content (AvgIpc) is 2.72. The molecule has 1 atom stereocenters. The lowest BCUT2D eigenvalue weighted by Gasteiger charge is -2.35. The predicted octanol–water partition coefficient (Wildman–Crippen LogP) is 1.91. The summed E-state index contributed by atoms with van der Waals surface area (Å²) in [5.74, 6) is 0. The summed E-state index contributed by atoms with van der Waals surface area (Å²) in [6.07, 6.45) is -0.500. The van der Waals surface area contributed by atoms with Crippen LogP contribution in [0.2, 0.25) is 0 Å². The number of ether oxygens (including phenoxy) is 1. The number of benzene rings is 2. The van der Waals surface area contributed by atoms with Crippen LogP contribution in [-0.4, -0.2) is 87.4 Å². The van der Waals surface area contributed by atoms with Gasteiger partial charge in [-0.25, -0.2) is 13.1 Å². The minimum atomic E-state index is -3.53. The number of nitrogens with zero attached hydrogens (tertiary/aromatic N) is 2. The highest BCUT2D eigenvalue weighted by molar-refractivity contribution is 7.89. The number of aliphatic hydroxyl groups is 1. The van der Waals surface area contributed by atoms with Crippen molar-refractivity contribution in [2.45, 2.75) is 37.4 Å². The Morgan fingerprint density at radius 3 is 2.35 bits per heavy atom. The van der Waals surface area contributed by atoms with Crippen molar-refractivity contribution in [1.29, 1.82) is 0 Å². The predicted molar refractivity (Wildman–Crippen MR) is 124 cm³/mol. The highest BCUT2D eigenvalue weighted by Gasteiger charge is 2.21. The molecule has 0 spiro atoms. The average molecular weight is 450 g/mol. The molecule has 1 saturated heterocycles. The maximum absolute atomic E-state index is 12.6. The molecule has 3 rings (SSSR count). The van der Waals surface area contributed by atoms with E-state index in [1.165, 1.54) is 0 Å². The molecular weight excluding hydrogens is 414 g/mol. The van der Waals surface area contributed by atoms with Gasteiger partial charge in [0.05, 0.1) is 23.2 Å². The molecule has 0 saturated carbocycles. The van der Waals surface area contributed by atoms with Crippen LogP contribution in [0.5, 0.6) is 0 Å². The van der Waals surface area contributed by atoms with E-state index < -0.39 is 16.1 Å². The standard InChI is InChI=1S/C23H35N3O4S/c1-23(2,3)30-18-21(27)17-26-14-12-25(13-15-26)11-10-24-31(28,29)22-9-8-19-6-4-5-7-20(19)16-22/h4-9,16,21,24,27H,10-15,17-18H2,1-3H3/t21-/m0/s1. The smallest absolute Gasteiger partial charge is 0.240 e. The first-order valence-corrected chi connectivity index (χ1v) is 12.4. The first-order chi connectivity index (χ1) is 14.6. The maximum atomic E-state index is 12.6. The van der Waals surface area contributed by atoms with Gasteiger partial charge in [-0.3, -0.25) is 9.80 Å². The van der Waals surface area contributed by atoms with E-state index in [-0.39, 0.29) is 5.60 Å². The minimum Gasteiger partial charge on any atom is -0.389 e. The molecule has 8 heteroatoms. The number of fused-ring (bicyclic) bond motifs is 1. The Hall–Kier alpha value is -1.55. The second-order valence-corrected chi connectivity index (χ2v) is 10.9. The fraction of sp³-hybridized carbons (Fsp3) is 0.565. The van der Waals surface area contributed by atoms with Gasteiger partial charge in [-0.05, 0) is 43.7 Å². The molecule has 1 aliphatic rings. The van der Waals surface area contributed by atoms with Crippen LogP contribution in [0.25, 0.3) is 10.8 Å². The van der Waals surface area contributed by atoms with Crippen LogP contribution in [0.3, 0.4) is 0 Å². The summed E-state index contributed by atoms with van der Waals surface area (Å²) in [5.41, 5.74) is -0.250. The highest BCUT2D eigenvalue weighted by Crippen LogP contribution is 2.18. The Labute approximate surface area is 186 Å². The first kappa shape index (κ1) is 24.1.